The van der Waals surface area contributed by atoms with Crippen LogP contribution >= 0.6 is 22.7 Å². The minimum absolute atomic E-state index is 1.27. The zero-order chi connectivity index (χ0) is 34.5. The van der Waals surface area contributed by atoms with E-state index in [2.05, 4.69) is 172 Å². The number of rotatable bonds is 3. The monoisotopic (exact) mass is 696 g/mol. The van der Waals surface area contributed by atoms with Crippen molar-refractivity contribution in [1.82, 2.24) is 0 Å². The molecule has 0 amide bonds. The third-order valence-electron chi connectivity index (χ3n) is 11.1. The first-order valence-electron chi connectivity index (χ1n) is 17.9. The number of hydrogen-bond acceptors (Lipinski definition) is 2. The van der Waals surface area contributed by atoms with Gasteiger partial charge in [-0.2, -0.15) is 0 Å². The Bertz CT molecular complexity index is 3210. The Hall–Kier alpha value is -5.80. The van der Waals surface area contributed by atoms with Crippen LogP contribution in [0.15, 0.2) is 158 Å². The van der Waals surface area contributed by atoms with E-state index in [0.717, 1.165) is 0 Å². The normalized spacial score (nSPS) is 12.0. The van der Waals surface area contributed by atoms with E-state index < -0.39 is 0 Å². The number of fused-ring (bicyclic) bond motifs is 9. The molecule has 9 aromatic carbocycles. The van der Waals surface area contributed by atoms with E-state index in [1.807, 2.05) is 22.7 Å². The highest BCUT2D eigenvalue weighted by molar-refractivity contribution is 7.27. The average molecular weight is 697 g/mol. The van der Waals surface area contributed by atoms with Crippen LogP contribution in [0.3, 0.4) is 0 Å². The Labute approximate surface area is 309 Å². The molecular weight excluding hydrogens is 665 g/mol. The fourth-order valence-corrected chi connectivity index (χ4v) is 11.4. The van der Waals surface area contributed by atoms with E-state index in [0.29, 0.717) is 0 Å². The van der Waals surface area contributed by atoms with Crippen molar-refractivity contribution in [2.24, 2.45) is 0 Å². The average Bonchev–Trinajstić information content (AvgIpc) is 3.78. The standard InChI is InChI=1S/C50H32S2/c1-29-13-9-21-40-42-24-11-23-39(49(42)51-47(29)40)33-27-28-38(32-16-4-3-15-31(32)33)45-34-17-5-7-19-36(34)46(37-20-8-6-18-35(37)45)44-26-12-25-43-41-22-10-14-30(2)48(41)52-50(43)44/h3-28H,1-2H3. The Morgan fingerprint density at radius 1 is 0.250 bits per heavy atom. The Balaban J connectivity index is 1.21. The van der Waals surface area contributed by atoms with Crippen LogP contribution in [0.2, 0.25) is 0 Å². The van der Waals surface area contributed by atoms with Gasteiger partial charge in [0, 0.05) is 51.5 Å². The number of aryl methyl sites for hydroxylation is 2. The molecule has 0 saturated heterocycles. The van der Waals surface area contributed by atoms with Crippen molar-refractivity contribution in [2.45, 2.75) is 13.8 Å². The molecular formula is C50H32S2. The highest BCUT2D eigenvalue weighted by Crippen LogP contribution is 2.50. The van der Waals surface area contributed by atoms with Gasteiger partial charge in [0.2, 0.25) is 0 Å². The van der Waals surface area contributed by atoms with Gasteiger partial charge >= 0.3 is 0 Å². The van der Waals surface area contributed by atoms with E-state index in [1.54, 1.807) is 0 Å². The summed E-state index contributed by atoms with van der Waals surface area (Å²) >= 11 is 3.86. The molecule has 0 fully saturated rings. The number of benzene rings is 9. The molecule has 2 heteroatoms. The summed E-state index contributed by atoms with van der Waals surface area (Å²) < 4.78 is 5.47. The maximum absolute atomic E-state index is 2.39. The molecule has 0 unspecified atom stereocenters. The van der Waals surface area contributed by atoms with Gasteiger partial charge in [-0.25, -0.2) is 0 Å². The van der Waals surface area contributed by atoms with E-state index in [9.17, 15) is 0 Å². The van der Waals surface area contributed by atoms with Gasteiger partial charge in [0.15, 0.2) is 0 Å². The van der Waals surface area contributed by atoms with Crippen molar-refractivity contribution in [1.29, 1.82) is 0 Å². The van der Waals surface area contributed by atoms with Crippen LogP contribution in [-0.2, 0) is 0 Å². The molecule has 11 rings (SSSR count). The second-order valence-electron chi connectivity index (χ2n) is 14.0. The summed E-state index contributed by atoms with van der Waals surface area (Å²) in [4.78, 5) is 0. The van der Waals surface area contributed by atoms with Crippen molar-refractivity contribution in [3.05, 3.63) is 169 Å². The van der Waals surface area contributed by atoms with Gasteiger partial charge in [-0.15, -0.1) is 22.7 Å². The molecule has 244 valence electrons. The fourth-order valence-electron chi connectivity index (χ4n) is 8.79. The van der Waals surface area contributed by atoms with Gasteiger partial charge in [0.25, 0.3) is 0 Å². The lowest BCUT2D eigenvalue weighted by Gasteiger charge is -2.20. The van der Waals surface area contributed by atoms with Crippen molar-refractivity contribution in [3.63, 3.8) is 0 Å². The summed E-state index contributed by atoms with van der Waals surface area (Å²) in [7, 11) is 0. The van der Waals surface area contributed by atoms with Crippen molar-refractivity contribution >= 4 is 95.3 Å². The SMILES string of the molecule is Cc1cccc2c1sc1c(-c3ccc(-c4c5ccccc5c(-c5cccc6c5sc5c(C)cccc56)c5ccccc45)c4ccccc34)cccc12. The van der Waals surface area contributed by atoms with E-state index in [-0.39, 0.29) is 0 Å². The Morgan fingerprint density at radius 2 is 0.596 bits per heavy atom. The van der Waals surface area contributed by atoms with Gasteiger partial charge < -0.3 is 0 Å². The highest BCUT2D eigenvalue weighted by Gasteiger charge is 2.22. The molecule has 0 saturated carbocycles. The molecule has 11 aromatic rings. The molecule has 0 N–H and O–H groups in total. The summed E-state index contributed by atoms with van der Waals surface area (Å²) in [5.74, 6) is 0. The number of hydrogen-bond donors (Lipinski definition) is 0. The molecule has 0 aliphatic carbocycles. The lowest BCUT2D eigenvalue weighted by atomic mass is 9.83. The first kappa shape index (κ1) is 29.9. The first-order valence-corrected chi connectivity index (χ1v) is 19.6. The van der Waals surface area contributed by atoms with Crippen molar-refractivity contribution in [2.75, 3.05) is 0 Å². The van der Waals surface area contributed by atoms with Crippen molar-refractivity contribution in [3.8, 4) is 33.4 Å². The zero-order valence-corrected chi connectivity index (χ0v) is 30.5. The van der Waals surface area contributed by atoms with Crippen LogP contribution in [0, 0.1) is 13.8 Å². The fraction of sp³-hybridized carbons (Fsp3) is 0.0400. The number of thiophene rings is 2. The predicted molar refractivity (Wildman–Crippen MR) is 231 cm³/mol. The third-order valence-corrected chi connectivity index (χ3v) is 13.9. The van der Waals surface area contributed by atoms with E-state index in [4.69, 9.17) is 0 Å². The summed E-state index contributed by atoms with van der Waals surface area (Å²) in [6, 6.07) is 59.0. The smallest absolute Gasteiger partial charge is 0.0434 e. The molecule has 0 spiro atoms. The maximum atomic E-state index is 2.39. The topological polar surface area (TPSA) is 0 Å². The van der Waals surface area contributed by atoms with E-state index in [1.165, 1.54) is 117 Å². The summed E-state index contributed by atoms with van der Waals surface area (Å²) in [6.45, 7) is 4.46. The molecule has 0 nitrogen and oxygen atoms in total. The maximum Gasteiger partial charge on any atom is 0.0434 e. The van der Waals surface area contributed by atoms with Gasteiger partial charge in [-0.3, -0.25) is 0 Å². The minimum Gasteiger partial charge on any atom is -0.134 e. The molecule has 2 aromatic heterocycles. The molecule has 0 radical (unpaired) electrons. The third kappa shape index (κ3) is 4.20. The summed E-state index contributed by atoms with van der Waals surface area (Å²) in [5.41, 5.74) is 10.5. The predicted octanol–water partition coefficient (Wildman–Crippen LogP) is 15.5. The lowest BCUT2D eigenvalue weighted by Crippen LogP contribution is -1.92. The Morgan fingerprint density at radius 3 is 1.12 bits per heavy atom. The summed E-state index contributed by atoms with van der Waals surface area (Å²) in [6.07, 6.45) is 0. The zero-order valence-electron chi connectivity index (χ0n) is 28.8. The van der Waals surface area contributed by atoms with Crippen LogP contribution in [0.1, 0.15) is 11.1 Å². The molecule has 0 aliphatic rings. The molecule has 0 atom stereocenters. The lowest BCUT2D eigenvalue weighted by molar-refractivity contribution is 1.56. The van der Waals surface area contributed by atoms with Gasteiger partial charge in [0.1, 0.15) is 0 Å². The van der Waals surface area contributed by atoms with Crippen LogP contribution in [-0.4, -0.2) is 0 Å². The van der Waals surface area contributed by atoms with E-state index >= 15 is 0 Å². The van der Waals surface area contributed by atoms with Gasteiger partial charge in [-0.1, -0.05) is 158 Å². The Kier molecular flexibility index (Phi) is 6.52. The van der Waals surface area contributed by atoms with Gasteiger partial charge in [-0.05, 0) is 79.5 Å². The highest BCUT2D eigenvalue weighted by atomic mass is 32.1. The largest absolute Gasteiger partial charge is 0.134 e. The molecule has 0 bridgehead atoms. The minimum atomic E-state index is 1.27. The van der Waals surface area contributed by atoms with Crippen LogP contribution in [0.4, 0.5) is 0 Å². The van der Waals surface area contributed by atoms with Crippen LogP contribution in [0.25, 0.3) is 106 Å². The first-order chi connectivity index (χ1) is 25.7. The molecule has 0 aliphatic heterocycles. The summed E-state index contributed by atoms with van der Waals surface area (Å²) in [5, 5.41) is 13.1. The van der Waals surface area contributed by atoms with Crippen LogP contribution < -0.4 is 0 Å². The van der Waals surface area contributed by atoms with Crippen molar-refractivity contribution < 1.29 is 0 Å². The van der Waals surface area contributed by atoms with Crippen LogP contribution in [0.5, 0.6) is 0 Å². The van der Waals surface area contributed by atoms with Gasteiger partial charge in [0.05, 0.1) is 0 Å². The molecule has 52 heavy (non-hydrogen) atoms. The molecule has 2 heterocycles. The second kappa shape index (κ2) is 11.4. The quantitative estimate of drug-likeness (QED) is 0.161. The second-order valence-corrected chi connectivity index (χ2v) is 16.1.